The molecule has 4 rings (SSSR count). The van der Waals surface area contributed by atoms with Crippen LogP contribution in [0.25, 0.3) is 6.08 Å². The topological polar surface area (TPSA) is 80.6 Å². The van der Waals surface area contributed by atoms with Crippen molar-refractivity contribution in [2.45, 2.75) is 6.61 Å². The first-order valence-corrected chi connectivity index (χ1v) is 9.81. The van der Waals surface area contributed by atoms with Crippen molar-refractivity contribution in [3.05, 3.63) is 89.5 Å². The highest BCUT2D eigenvalue weighted by atomic mass is 16.6. The van der Waals surface area contributed by atoms with Gasteiger partial charge in [-0.25, -0.2) is 0 Å². The van der Waals surface area contributed by atoms with Gasteiger partial charge >= 0.3 is 0 Å². The van der Waals surface area contributed by atoms with Gasteiger partial charge in [0, 0.05) is 17.3 Å². The fraction of sp³-hybridized carbons (Fsp3) is 0.120. The summed E-state index contributed by atoms with van der Waals surface area (Å²) in [5, 5.41) is 12.3. The molecule has 3 aromatic carbocycles. The number of anilines is 1. The standard InChI is InChI=1S/C25H20N2O4/c26-16-20(25(28)27-21-10-11-23-24(15-21)30-13-12-29-23)14-19-8-4-5-9-22(19)31-17-18-6-2-1-3-7-18/h1-11,14-15H,12-13,17H2,(H,27,28)/b20-14+. The van der Waals surface area contributed by atoms with Gasteiger partial charge in [-0.2, -0.15) is 5.26 Å². The molecule has 154 valence electrons. The van der Waals surface area contributed by atoms with Crippen LogP contribution in [0.2, 0.25) is 0 Å². The molecule has 0 atom stereocenters. The monoisotopic (exact) mass is 412 g/mol. The number of rotatable bonds is 6. The molecule has 3 aromatic rings. The fourth-order valence-corrected chi connectivity index (χ4v) is 3.09. The molecule has 31 heavy (non-hydrogen) atoms. The van der Waals surface area contributed by atoms with Gasteiger partial charge in [0.05, 0.1) is 0 Å². The van der Waals surface area contributed by atoms with Crippen LogP contribution in [0.4, 0.5) is 5.69 Å². The first-order chi connectivity index (χ1) is 15.2. The van der Waals surface area contributed by atoms with Crippen molar-refractivity contribution in [2.75, 3.05) is 18.5 Å². The van der Waals surface area contributed by atoms with E-state index in [0.29, 0.717) is 48.3 Å². The molecule has 1 heterocycles. The molecule has 0 bridgehead atoms. The Kier molecular flexibility index (Phi) is 6.15. The minimum atomic E-state index is -0.517. The molecule has 0 aromatic heterocycles. The van der Waals surface area contributed by atoms with Crippen LogP contribution in [0.15, 0.2) is 78.4 Å². The average Bonchev–Trinajstić information content (AvgIpc) is 2.82. The van der Waals surface area contributed by atoms with E-state index in [9.17, 15) is 10.1 Å². The lowest BCUT2D eigenvalue weighted by Crippen LogP contribution is -2.17. The van der Waals surface area contributed by atoms with Crippen LogP contribution in [0.5, 0.6) is 17.2 Å². The number of nitrogens with zero attached hydrogens (tertiary/aromatic N) is 1. The van der Waals surface area contributed by atoms with Gasteiger partial charge in [0.1, 0.15) is 37.2 Å². The zero-order valence-corrected chi connectivity index (χ0v) is 16.7. The largest absolute Gasteiger partial charge is 0.488 e. The second kappa shape index (κ2) is 9.51. The molecule has 0 aliphatic carbocycles. The summed E-state index contributed by atoms with van der Waals surface area (Å²) in [6.07, 6.45) is 1.52. The van der Waals surface area contributed by atoms with E-state index in [4.69, 9.17) is 14.2 Å². The van der Waals surface area contributed by atoms with Crippen molar-refractivity contribution in [1.82, 2.24) is 0 Å². The van der Waals surface area contributed by atoms with Gasteiger partial charge in [0.15, 0.2) is 11.5 Å². The first-order valence-electron chi connectivity index (χ1n) is 9.81. The minimum absolute atomic E-state index is 0.0364. The van der Waals surface area contributed by atoms with E-state index in [1.165, 1.54) is 6.08 Å². The number of ether oxygens (including phenoxy) is 3. The van der Waals surface area contributed by atoms with Crippen LogP contribution in [0.3, 0.4) is 0 Å². The quantitative estimate of drug-likeness (QED) is 0.473. The summed E-state index contributed by atoms with van der Waals surface area (Å²) in [5.41, 5.74) is 2.15. The molecule has 1 N–H and O–H groups in total. The number of hydrogen-bond donors (Lipinski definition) is 1. The Labute approximate surface area is 180 Å². The number of carbonyl (C=O) groups excluding carboxylic acids is 1. The molecule has 1 aliphatic rings. The first kappa shape index (κ1) is 20.0. The zero-order valence-electron chi connectivity index (χ0n) is 16.7. The molecule has 0 spiro atoms. The summed E-state index contributed by atoms with van der Waals surface area (Å²) in [6, 6.07) is 24.1. The maximum atomic E-state index is 12.7. The lowest BCUT2D eigenvalue weighted by atomic mass is 10.1. The molecule has 0 unspecified atom stereocenters. The molecule has 0 radical (unpaired) electrons. The number of fused-ring (bicyclic) bond motifs is 1. The van der Waals surface area contributed by atoms with Gasteiger partial charge in [0.2, 0.25) is 0 Å². The van der Waals surface area contributed by atoms with Crippen LogP contribution in [-0.4, -0.2) is 19.1 Å². The van der Waals surface area contributed by atoms with E-state index in [0.717, 1.165) is 5.56 Å². The summed E-state index contributed by atoms with van der Waals surface area (Å²) >= 11 is 0. The van der Waals surface area contributed by atoms with E-state index >= 15 is 0 Å². The van der Waals surface area contributed by atoms with E-state index in [2.05, 4.69) is 5.32 Å². The smallest absolute Gasteiger partial charge is 0.266 e. The average molecular weight is 412 g/mol. The van der Waals surface area contributed by atoms with Crippen LogP contribution >= 0.6 is 0 Å². The van der Waals surface area contributed by atoms with Crippen LogP contribution in [0, 0.1) is 11.3 Å². The van der Waals surface area contributed by atoms with Gasteiger partial charge in [-0.1, -0.05) is 48.5 Å². The number of nitriles is 1. The molecular formula is C25H20N2O4. The van der Waals surface area contributed by atoms with Gasteiger partial charge < -0.3 is 19.5 Å². The van der Waals surface area contributed by atoms with Crippen molar-refractivity contribution in [2.24, 2.45) is 0 Å². The summed E-state index contributed by atoms with van der Waals surface area (Å²) in [6.45, 7) is 1.33. The summed E-state index contributed by atoms with van der Waals surface area (Å²) in [4.78, 5) is 12.7. The molecule has 1 amide bonds. The molecule has 6 nitrogen and oxygen atoms in total. The van der Waals surface area contributed by atoms with E-state index < -0.39 is 5.91 Å². The molecule has 0 saturated carbocycles. The summed E-state index contributed by atoms with van der Waals surface area (Å²) < 4.78 is 16.9. The van der Waals surface area contributed by atoms with Crippen molar-refractivity contribution < 1.29 is 19.0 Å². The third-order valence-electron chi connectivity index (χ3n) is 4.62. The minimum Gasteiger partial charge on any atom is -0.488 e. The predicted octanol–water partition coefficient (Wildman–Crippen LogP) is 4.58. The highest BCUT2D eigenvalue weighted by Gasteiger charge is 2.15. The van der Waals surface area contributed by atoms with Crippen molar-refractivity contribution in [1.29, 1.82) is 5.26 Å². The maximum Gasteiger partial charge on any atom is 0.266 e. The highest BCUT2D eigenvalue weighted by Crippen LogP contribution is 2.32. The number of para-hydroxylation sites is 1. The SMILES string of the molecule is N#C/C(=C\c1ccccc1OCc1ccccc1)C(=O)Nc1ccc2c(c1)OCCO2. The molecule has 0 saturated heterocycles. The normalized spacial score (nSPS) is 12.5. The number of amides is 1. The number of hydrogen-bond acceptors (Lipinski definition) is 5. The second-order valence-corrected chi connectivity index (χ2v) is 6.79. The Morgan fingerprint density at radius 3 is 2.55 bits per heavy atom. The summed E-state index contributed by atoms with van der Waals surface area (Å²) in [7, 11) is 0. The van der Waals surface area contributed by atoms with E-state index in [1.54, 1.807) is 24.3 Å². The molecular weight excluding hydrogens is 392 g/mol. The Morgan fingerprint density at radius 1 is 1.00 bits per heavy atom. The van der Waals surface area contributed by atoms with Crippen molar-refractivity contribution in [3.63, 3.8) is 0 Å². The van der Waals surface area contributed by atoms with E-state index in [1.807, 2.05) is 54.6 Å². The van der Waals surface area contributed by atoms with Gasteiger partial charge in [-0.3, -0.25) is 4.79 Å². The Bertz CT molecular complexity index is 1150. The highest BCUT2D eigenvalue weighted by molar-refractivity contribution is 6.10. The number of benzene rings is 3. The third kappa shape index (κ3) is 5.03. The molecule has 0 fully saturated rings. The maximum absolute atomic E-state index is 12.7. The molecule has 6 heteroatoms. The Morgan fingerprint density at radius 2 is 1.74 bits per heavy atom. The Balaban J connectivity index is 1.50. The lowest BCUT2D eigenvalue weighted by Gasteiger charge is -2.19. The zero-order chi connectivity index (χ0) is 21.5. The van der Waals surface area contributed by atoms with Gasteiger partial charge in [-0.15, -0.1) is 0 Å². The van der Waals surface area contributed by atoms with Crippen molar-refractivity contribution in [3.8, 4) is 23.3 Å². The Hall–Kier alpha value is -4.24. The predicted molar refractivity (Wildman–Crippen MR) is 117 cm³/mol. The van der Waals surface area contributed by atoms with Crippen molar-refractivity contribution >= 4 is 17.7 Å². The lowest BCUT2D eigenvalue weighted by molar-refractivity contribution is -0.112. The van der Waals surface area contributed by atoms with E-state index in [-0.39, 0.29) is 5.57 Å². The van der Waals surface area contributed by atoms with Gasteiger partial charge in [-0.05, 0) is 29.8 Å². The third-order valence-corrected chi connectivity index (χ3v) is 4.62. The molecule has 1 aliphatic heterocycles. The van der Waals surface area contributed by atoms with Crippen LogP contribution in [0.1, 0.15) is 11.1 Å². The summed E-state index contributed by atoms with van der Waals surface area (Å²) in [5.74, 6) is 1.26. The second-order valence-electron chi connectivity index (χ2n) is 6.79. The van der Waals surface area contributed by atoms with Gasteiger partial charge in [0.25, 0.3) is 5.91 Å². The number of carbonyl (C=O) groups is 1. The van der Waals surface area contributed by atoms with Crippen LogP contribution < -0.4 is 19.5 Å². The number of nitrogens with one attached hydrogen (secondary N) is 1. The fourth-order valence-electron chi connectivity index (χ4n) is 3.09. The van der Waals surface area contributed by atoms with Crippen LogP contribution in [-0.2, 0) is 11.4 Å².